The lowest BCUT2D eigenvalue weighted by molar-refractivity contribution is -0.115. The van der Waals surface area contributed by atoms with E-state index in [1.807, 2.05) is 26.0 Å². The predicted molar refractivity (Wildman–Crippen MR) is 95.7 cm³/mol. The van der Waals surface area contributed by atoms with Crippen molar-refractivity contribution >= 4 is 23.4 Å². The zero-order valence-electron chi connectivity index (χ0n) is 13.6. The fourth-order valence-corrected chi connectivity index (χ4v) is 3.17. The zero-order valence-corrected chi connectivity index (χ0v) is 14.5. The maximum atomic E-state index is 12.5. The van der Waals surface area contributed by atoms with Gasteiger partial charge in [-0.2, -0.15) is 0 Å². The van der Waals surface area contributed by atoms with E-state index in [2.05, 4.69) is 49.5 Å². The molecule has 0 saturated heterocycles. The first-order chi connectivity index (χ1) is 10.5. The molecule has 22 heavy (non-hydrogen) atoms. The van der Waals surface area contributed by atoms with E-state index >= 15 is 0 Å². The Hall–Kier alpha value is -1.74. The monoisotopic (exact) mass is 313 g/mol. The van der Waals surface area contributed by atoms with Crippen LogP contribution in [0.3, 0.4) is 0 Å². The van der Waals surface area contributed by atoms with Crippen LogP contribution in [0.25, 0.3) is 0 Å². The maximum Gasteiger partial charge on any atom is 0.237 e. The van der Waals surface area contributed by atoms with Gasteiger partial charge in [0.1, 0.15) is 0 Å². The molecule has 0 saturated carbocycles. The summed E-state index contributed by atoms with van der Waals surface area (Å²) < 4.78 is 0. The molecule has 2 nitrogen and oxygen atoms in total. The van der Waals surface area contributed by atoms with Gasteiger partial charge in [-0.05, 0) is 50.5 Å². The average Bonchev–Trinajstić information content (AvgIpc) is 2.51. The molecule has 0 heterocycles. The average molecular weight is 313 g/mol. The fourth-order valence-electron chi connectivity index (χ4n) is 2.30. The smallest absolute Gasteiger partial charge is 0.237 e. The van der Waals surface area contributed by atoms with E-state index in [1.165, 1.54) is 11.1 Å². The Morgan fingerprint density at radius 1 is 1.14 bits per heavy atom. The molecule has 2 aromatic carbocycles. The van der Waals surface area contributed by atoms with Gasteiger partial charge in [0.25, 0.3) is 0 Å². The van der Waals surface area contributed by atoms with Crippen molar-refractivity contribution in [3.05, 3.63) is 59.2 Å². The van der Waals surface area contributed by atoms with E-state index in [4.69, 9.17) is 0 Å². The fraction of sp³-hybridized carbons (Fsp3) is 0.316. The second-order valence-corrected chi connectivity index (χ2v) is 6.94. The minimum Gasteiger partial charge on any atom is -0.325 e. The first-order valence-corrected chi connectivity index (χ1v) is 8.52. The predicted octanol–water partition coefficient (Wildman–Crippen LogP) is 4.99. The number of amides is 1. The summed E-state index contributed by atoms with van der Waals surface area (Å²) in [7, 11) is 0. The van der Waals surface area contributed by atoms with Crippen molar-refractivity contribution in [2.24, 2.45) is 0 Å². The lowest BCUT2D eigenvalue weighted by Crippen LogP contribution is -2.23. The molecule has 116 valence electrons. The Balaban J connectivity index is 2.07. The molecule has 1 amide bonds. The SMILES string of the molecule is CCc1cccc(C)c1NC(=O)[C@H](C)Sc1ccc(C)cc1. The van der Waals surface area contributed by atoms with Crippen LogP contribution in [0, 0.1) is 13.8 Å². The van der Waals surface area contributed by atoms with Crippen LogP contribution in [-0.4, -0.2) is 11.2 Å². The van der Waals surface area contributed by atoms with Crippen LogP contribution in [0.2, 0.25) is 0 Å². The molecule has 1 N–H and O–H groups in total. The van der Waals surface area contributed by atoms with Gasteiger partial charge in [-0.3, -0.25) is 4.79 Å². The van der Waals surface area contributed by atoms with Gasteiger partial charge in [0, 0.05) is 10.6 Å². The molecule has 0 fully saturated rings. The molecule has 0 spiro atoms. The van der Waals surface area contributed by atoms with Crippen LogP contribution < -0.4 is 5.32 Å². The molecule has 3 heteroatoms. The first-order valence-electron chi connectivity index (χ1n) is 7.64. The van der Waals surface area contributed by atoms with Crippen molar-refractivity contribution in [1.82, 2.24) is 0 Å². The van der Waals surface area contributed by atoms with Gasteiger partial charge in [0.15, 0.2) is 0 Å². The van der Waals surface area contributed by atoms with Crippen molar-refractivity contribution in [2.75, 3.05) is 5.32 Å². The number of nitrogens with one attached hydrogen (secondary N) is 1. The quantitative estimate of drug-likeness (QED) is 0.788. The van der Waals surface area contributed by atoms with Crippen LogP contribution in [0.5, 0.6) is 0 Å². The molecule has 0 bridgehead atoms. The van der Waals surface area contributed by atoms with Crippen LogP contribution in [-0.2, 0) is 11.2 Å². The molecule has 0 aliphatic heterocycles. The number of thioether (sulfide) groups is 1. The van der Waals surface area contributed by atoms with Gasteiger partial charge in [0.2, 0.25) is 5.91 Å². The molecule has 0 aliphatic carbocycles. The molecular weight excluding hydrogens is 290 g/mol. The third-order valence-electron chi connectivity index (χ3n) is 3.69. The standard InChI is InChI=1S/C19H23NOS/c1-5-16-8-6-7-14(3)18(16)20-19(21)15(4)22-17-11-9-13(2)10-12-17/h6-12,15H,5H2,1-4H3,(H,20,21)/t15-/m0/s1. The summed E-state index contributed by atoms with van der Waals surface area (Å²) in [6, 6.07) is 14.4. The van der Waals surface area contributed by atoms with E-state index in [0.29, 0.717) is 0 Å². The Morgan fingerprint density at radius 2 is 1.82 bits per heavy atom. The second-order valence-electron chi connectivity index (χ2n) is 5.52. The van der Waals surface area contributed by atoms with Gasteiger partial charge in [-0.25, -0.2) is 0 Å². The van der Waals surface area contributed by atoms with Crippen LogP contribution in [0.4, 0.5) is 5.69 Å². The summed E-state index contributed by atoms with van der Waals surface area (Å²) in [6.45, 7) is 8.15. The van der Waals surface area contributed by atoms with Gasteiger partial charge in [-0.1, -0.05) is 42.8 Å². The van der Waals surface area contributed by atoms with E-state index in [-0.39, 0.29) is 11.2 Å². The Morgan fingerprint density at radius 3 is 2.45 bits per heavy atom. The molecule has 2 rings (SSSR count). The highest BCUT2D eigenvalue weighted by Crippen LogP contribution is 2.26. The number of hydrogen-bond donors (Lipinski definition) is 1. The zero-order chi connectivity index (χ0) is 16.1. The maximum absolute atomic E-state index is 12.5. The Labute approximate surface area is 137 Å². The summed E-state index contributed by atoms with van der Waals surface area (Å²) in [5.74, 6) is 0.0505. The van der Waals surface area contributed by atoms with Crippen molar-refractivity contribution in [1.29, 1.82) is 0 Å². The Bertz CT molecular complexity index is 649. The number of benzene rings is 2. The van der Waals surface area contributed by atoms with Gasteiger partial charge >= 0.3 is 0 Å². The van der Waals surface area contributed by atoms with E-state index in [1.54, 1.807) is 11.8 Å². The summed E-state index contributed by atoms with van der Waals surface area (Å²) in [4.78, 5) is 13.6. The van der Waals surface area contributed by atoms with Gasteiger partial charge in [-0.15, -0.1) is 11.8 Å². The number of aryl methyl sites for hydroxylation is 3. The third-order valence-corrected chi connectivity index (χ3v) is 4.80. The molecule has 0 aromatic heterocycles. The lowest BCUT2D eigenvalue weighted by Gasteiger charge is -2.16. The second kappa shape index (κ2) is 7.50. The van der Waals surface area contributed by atoms with E-state index in [9.17, 15) is 4.79 Å². The van der Waals surface area contributed by atoms with Gasteiger partial charge in [0.05, 0.1) is 5.25 Å². The summed E-state index contributed by atoms with van der Waals surface area (Å²) >= 11 is 1.59. The Kier molecular flexibility index (Phi) is 5.67. The summed E-state index contributed by atoms with van der Waals surface area (Å²) in [5, 5.41) is 2.97. The normalized spacial score (nSPS) is 12.0. The van der Waals surface area contributed by atoms with E-state index < -0.39 is 0 Å². The highest BCUT2D eigenvalue weighted by molar-refractivity contribution is 8.00. The minimum atomic E-state index is -0.132. The largest absolute Gasteiger partial charge is 0.325 e. The van der Waals surface area contributed by atoms with Crippen molar-refractivity contribution in [2.45, 2.75) is 44.3 Å². The molecule has 1 atom stereocenters. The van der Waals surface area contributed by atoms with Crippen molar-refractivity contribution in [3.63, 3.8) is 0 Å². The van der Waals surface area contributed by atoms with Crippen molar-refractivity contribution < 1.29 is 4.79 Å². The lowest BCUT2D eigenvalue weighted by atomic mass is 10.1. The first kappa shape index (κ1) is 16.6. The van der Waals surface area contributed by atoms with Crippen LogP contribution in [0.15, 0.2) is 47.4 Å². The van der Waals surface area contributed by atoms with Crippen molar-refractivity contribution in [3.8, 4) is 0 Å². The highest BCUT2D eigenvalue weighted by atomic mass is 32.2. The topological polar surface area (TPSA) is 29.1 Å². The molecule has 0 unspecified atom stereocenters. The molecule has 0 radical (unpaired) electrons. The molecule has 0 aliphatic rings. The summed E-state index contributed by atoms with van der Waals surface area (Å²) in [6.07, 6.45) is 0.913. The minimum absolute atomic E-state index is 0.0505. The number of rotatable bonds is 5. The van der Waals surface area contributed by atoms with Gasteiger partial charge < -0.3 is 5.32 Å². The molecule has 2 aromatic rings. The number of para-hydroxylation sites is 1. The number of carbonyl (C=O) groups excluding carboxylic acids is 1. The third kappa shape index (κ3) is 4.14. The van der Waals surface area contributed by atoms with E-state index in [0.717, 1.165) is 22.6 Å². The number of hydrogen-bond acceptors (Lipinski definition) is 2. The number of carbonyl (C=O) groups is 1. The number of anilines is 1. The van der Waals surface area contributed by atoms with Crippen LogP contribution >= 0.6 is 11.8 Å². The summed E-state index contributed by atoms with van der Waals surface area (Å²) in [5.41, 5.74) is 4.49. The van der Waals surface area contributed by atoms with Crippen LogP contribution in [0.1, 0.15) is 30.5 Å². The molecular formula is C19H23NOS. The highest BCUT2D eigenvalue weighted by Gasteiger charge is 2.16.